The van der Waals surface area contributed by atoms with Crippen LogP contribution in [0, 0.1) is 0 Å². The van der Waals surface area contributed by atoms with E-state index in [4.69, 9.17) is 9.47 Å². The minimum atomic E-state index is -0.394. The lowest BCUT2D eigenvalue weighted by Gasteiger charge is -2.08. The third-order valence-electron chi connectivity index (χ3n) is 4.57. The quantitative estimate of drug-likeness (QED) is 0.809. The highest BCUT2D eigenvalue weighted by atomic mass is 16.5. The summed E-state index contributed by atoms with van der Waals surface area (Å²) < 4.78 is 10.3. The summed E-state index contributed by atoms with van der Waals surface area (Å²) in [6, 6.07) is 16.6. The van der Waals surface area contributed by atoms with Crippen LogP contribution >= 0.6 is 0 Å². The van der Waals surface area contributed by atoms with E-state index in [1.807, 2.05) is 30.3 Å². The first-order valence-corrected chi connectivity index (χ1v) is 8.04. The van der Waals surface area contributed by atoms with Gasteiger partial charge < -0.3 is 9.47 Å². The van der Waals surface area contributed by atoms with E-state index in [2.05, 4.69) is 0 Å². The molecule has 4 nitrogen and oxygen atoms in total. The fraction of sp³-hybridized carbons (Fsp3) is 0.143. The van der Waals surface area contributed by atoms with E-state index in [1.54, 1.807) is 24.3 Å². The minimum Gasteiger partial charge on any atom is -0.465 e. The van der Waals surface area contributed by atoms with Gasteiger partial charge in [-0.05, 0) is 34.4 Å². The molecule has 0 spiro atoms. The Bertz CT molecular complexity index is 918. The number of methoxy groups -OCH3 is 1. The summed E-state index contributed by atoms with van der Waals surface area (Å²) in [7, 11) is 1.35. The Kier molecular flexibility index (Phi) is 3.82. The first-order valence-electron chi connectivity index (χ1n) is 8.04. The van der Waals surface area contributed by atoms with Gasteiger partial charge in [0.05, 0.1) is 25.9 Å². The Hall–Kier alpha value is -2.98. The fourth-order valence-electron chi connectivity index (χ4n) is 3.38. The van der Waals surface area contributed by atoms with Crippen molar-refractivity contribution in [3.8, 4) is 0 Å². The van der Waals surface area contributed by atoms with Crippen molar-refractivity contribution < 1.29 is 19.1 Å². The molecule has 0 bridgehead atoms. The van der Waals surface area contributed by atoms with Gasteiger partial charge in [0.1, 0.15) is 0 Å². The van der Waals surface area contributed by atoms with Gasteiger partial charge in [0.2, 0.25) is 0 Å². The summed E-state index contributed by atoms with van der Waals surface area (Å²) in [4.78, 5) is 24.7. The number of ether oxygens (including phenoxy) is 2. The number of ketones is 1. The molecular formula is C21H16O4. The Balaban J connectivity index is 1.76. The van der Waals surface area contributed by atoms with Crippen molar-refractivity contribution in [2.75, 3.05) is 20.3 Å². The zero-order valence-electron chi connectivity index (χ0n) is 13.7. The number of benzene rings is 2. The molecule has 4 rings (SSSR count). The van der Waals surface area contributed by atoms with E-state index < -0.39 is 5.97 Å². The van der Waals surface area contributed by atoms with Crippen molar-refractivity contribution in [1.29, 1.82) is 0 Å². The number of allylic oxidation sites excluding steroid dienone is 2. The average Bonchev–Trinajstić information content (AvgIpc) is 3.21. The Morgan fingerprint density at radius 1 is 0.880 bits per heavy atom. The second-order valence-electron chi connectivity index (χ2n) is 5.96. The SMILES string of the molecule is COC(=O)c1ccc(C2=C3COCC3=C(c3ccccc3)C2=O)cc1. The summed E-state index contributed by atoms with van der Waals surface area (Å²) in [5, 5.41) is 0. The first kappa shape index (κ1) is 15.5. The smallest absolute Gasteiger partial charge is 0.337 e. The summed E-state index contributed by atoms with van der Waals surface area (Å²) in [5.74, 6) is -0.375. The second-order valence-corrected chi connectivity index (χ2v) is 5.96. The number of carbonyl (C=O) groups is 2. The lowest BCUT2D eigenvalue weighted by Crippen LogP contribution is -2.05. The molecule has 0 N–H and O–H groups in total. The number of fused-ring (bicyclic) bond motifs is 1. The molecule has 1 saturated heterocycles. The van der Waals surface area contributed by atoms with Crippen LogP contribution in [0.1, 0.15) is 21.5 Å². The normalized spacial score (nSPS) is 16.4. The van der Waals surface area contributed by atoms with Crippen LogP contribution in [0.5, 0.6) is 0 Å². The first-order chi connectivity index (χ1) is 12.2. The predicted molar refractivity (Wildman–Crippen MR) is 93.9 cm³/mol. The molecule has 1 heterocycles. The van der Waals surface area contributed by atoms with Crippen LogP contribution in [-0.4, -0.2) is 32.1 Å². The number of carbonyl (C=O) groups excluding carboxylic acids is 2. The molecule has 1 fully saturated rings. The Morgan fingerprint density at radius 3 is 2.00 bits per heavy atom. The van der Waals surface area contributed by atoms with Crippen LogP contribution in [0.25, 0.3) is 11.1 Å². The van der Waals surface area contributed by atoms with Crippen LogP contribution in [0.2, 0.25) is 0 Å². The van der Waals surface area contributed by atoms with E-state index in [0.717, 1.165) is 27.8 Å². The highest BCUT2D eigenvalue weighted by Crippen LogP contribution is 2.43. The molecular weight excluding hydrogens is 316 g/mol. The van der Waals surface area contributed by atoms with Crippen molar-refractivity contribution in [2.24, 2.45) is 0 Å². The molecule has 2 aromatic carbocycles. The molecule has 4 heteroatoms. The number of Topliss-reactive ketones (excluding diaryl/α,β-unsaturated/α-hetero) is 1. The molecule has 1 aliphatic carbocycles. The largest absolute Gasteiger partial charge is 0.465 e. The van der Waals surface area contributed by atoms with Gasteiger partial charge in [-0.15, -0.1) is 0 Å². The maximum absolute atomic E-state index is 13.1. The minimum absolute atomic E-state index is 0.0188. The third-order valence-corrected chi connectivity index (χ3v) is 4.57. The lowest BCUT2D eigenvalue weighted by atomic mass is 9.95. The maximum Gasteiger partial charge on any atom is 0.337 e. The van der Waals surface area contributed by atoms with Gasteiger partial charge in [0.15, 0.2) is 5.78 Å². The summed E-state index contributed by atoms with van der Waals surface area (Å²) in [6.45, 7) is 0.889. The van der Waals surface area contributed by atoms with Crippen LogP contribution < -0.4 is 0 Å². The van der Waals surface area contributed by atoms with Crippen molar-refractivity contribution in [1.82, 2.24) is 0 Å². The highest BCUT2D eigenvalue weighted by Gasteiger charge is 2.36. The molecule has 1 aliphatic heterocycles. The van der Waals surface area contributed by atoms with E-state index >= 15 is 0 Å². The molecule has 124 valence electrons. The topological polar surface area (TPSA) is 52.6 Å². The van der Waals surface area contributed by atoms with Crippen LogP contribution in [0.3, 0.4) is 0 Å². The Morgan fingerprint density at radius 2 is 1.44 bits per heavy atom. The molecule has 0 aromatic heterocycles. The van der Waals surface area contributed by atoms with Gasteiger partial charge in [-0.25, -0.2) is 4.79 Å². The molecule has 0 atom stereocenters. The molecule has 0 amide bonds. The number of esters is 1. The average molecular weight is 332 g/mol. The summed E-state index contributed by atoms with van der Waals surface area (Å²) in [5.41, 5.74) is 5.48. The van der Waals surface area contributed by atoms with Gasteiger partial charge in [-0.2, -0.15) is 0 Å². The van der Waals surface area contributed by atoms with Gasteiger partial charge >= 0.3 is 5.97 Å². The summed E-state index contributed by atoms with van der Waals surface area (Å²) >= 11 is 0. The summed E-state index contributed by atoms with van der Waals surface area (Å²) in [6.07, 6.45) is 0. The number of hydrogen-bond acceptors (Lipinski definition) is 4. The standard InChI is InChI=1S/C21H16O4/c1-24-21(23)15-9-7-14(8-10-15)19-17-12-25-11-16(17)18(20(19)22)13-5-3-2-4-6-13/h2-10H,11-12H2,1H3. The molecule has 25 heavy (non-hydrogen) atoms. The van der Waals surface area contributed by atoms with Crippen LogP contribution in [0.15, 0.2) is 65.7 Å². The second kappa shape index (κ2) is 6.15. The van der Waals surface area contributed by atoms with E-state index in [0.29, 0.717) is 24.4 Å². The molecule has 0 saturated carbocycles. The zero-order valence-corrected chi connectivity index (χ0v) is 13.7. The van der Waals surface area contributed by atoms with Crippen molar-refractivity contribution in [2.45, 2.75) is 0 Å². The van der Waals surface area contributed by atoms with Crippen molar-refractivity contribution >= 4 is 22.9 Å². The van der Waals surface area contributed by atoms with Gasteiger partial charge in [-0.1, -0.05) is 42.5 Å². The third kappa shape index (κ3) is 2.51. The van der Waals surface area contributed by atoms with E-state index in [9.17, 15) is 9.59 Å². The molecule has 0 radical (unpaired) electrons. The van der Waals surface area contributed by atoms with Gasteiger partial charge in [0.25, 0.3) is 0 Å². The molecule has 2 aliphatic rings. The molecule has 0 unspecified atom stereocenters. The van der Waals surface area contributed by atoms with Crippen LogP contribution in [-0.2, 0) is 14.3 Å². The van der Waals surface area contributed by atoms with Crippen LogP contribution in [0.4, 0.5) is 0 Å². The number of hydrogen-bond donors (Lipinski definition) is 0. The molecule has 2 aromatic rings. The van der Waals surface area contributed by atoms with E-state index in [-0.39, 0.29) is 5.78 Å². The zero-order chi connectivity index (χ0) is 17.4. The highest BCUT2D eigenvalue weighted by molar-refractivity contribution is 6.47. The van der Waals surface area contributed by atoms with Gasteiger partial charge in [0, 0.05) is 11.1 Å². The predicted octanol–water partition coefficient (Wildman–Crippen LogP) is 3.29. The van der Waals surface area contributed by atoms with E-state index in [1.165, 1.54) is 7.11 Å². The Labute approximate surface area is 145 Å². The fourth-order valence-corrected chi connectivity index (χ4v) is 3.38. The maximum atomic E-state index is 13.1. The monoisotopic (exact) mass is 332 g/mol. The lowest BCUT2D eigenvalue weighted by molar-refractivity contribution is -0.108. The number of rotatable bonds is 3. The van der Waals surface area contributed by atoms with Crippen molar-refractivity contribution in [3.63, 3.8) is 0 Å². The van der Waals surface area contributed by atoms with Gasteiger partial charge in [-0.3, -0.25) is 4.79 Å². The van der Waals surface area contributed by atoms with Crippen molar-refractivity contribution in [3.05, 3.63) is 82.4 Å².